The third-order valence-electron chi connectivity index (χ3n) is 3.01. The summed E-state index contributed by atoms with van der Waals surface area (Å²) in [6.07, 6.45) is 3.00. The minimum atomic E-state index is 0.234. The molecule has 1 atom stereocenters. The monoisotopic (exact) mass is 306 g/mol. The fourth-order valence-electron chi connectivity index (χ4n) is 2.16. The van der Waals surface area contributed by atoms with Gasteiger partial charge in [0.15, 0.2) is 0 Å². The Kier molecular flexibility index (Phi) is 4.40. The summed E-state index contributed by atoms with van der Waals surface area (Å²) in [6.45, 7) is 6.00. The number of nitrogens with zero attached hydrogens (tertiary/aromatic N) is 2. The molecule has 1 aliphatic heterocycles. The van der Waals surface area contributed by atoms with Gasteiger partial charge in [-0.1, -0.05) is 22.0 Å². The minimum absolute atomic E-state index is 0.234. The van der Waals surface area contributed by atoms with Crippen molar-refractivity contribution in [1.29, 1.82) is 5.26 Å². The van der Waals surface area contributed by atoms with Crippen molar-refractivity contribution in [2.24, 2.45) is 0 Å². The van der Waals surface area contributed by atoms with Crippen LogP contribution in [0.1, 0.15) is 12.0 Å². The van der Waals surface area contributed by atoms with Crippen molar-refractivity contribution < 1.29 is 4.74 Å². The quantitative estimate of drug-likeness (QED) is 0.802. The van der Waals surface area contributed by atoms with Gasteiger partial charge in [0.05, 0.1) is 24.0 Å². The van der Waals surface area contributed by atoms with Gasteiger partial charge in [0.25, 0.3) is 0 Å². The van der Waals surface area contributed by atoms with E-state index in [9.17, 15) is 0 Å². The van der Waals surface area contributed by atoms with Crippen LogP contribution in [0.3, 0.4) is 0 Å². The molecule has 18 heavy (non-hydrogen) atoms. The standard InChI is InChI=1S/C14H15BrN2O/c1-2-7-18-13-5-6-17(10-13)14-4-3-12(15)8-11(14)9-16/h2-4,8,13H,1,5-7,10H2. The van der Waals surface area contributed by atoms with Gasteiger partial charge in [0, 0.05) is 17.6 Å². The molecule has 1 aromatic carbocycles. The zero-order chi connectivity index (χ0) is 13.0. The first-order valence-electron chi connectivity index (χ1n) is 5.91. The molecule has 1 aromatic rings. The molecule has 4 heteroatoms. The molecule has 0 N–H and O–H groups in total. The third-order valence-corrected chi connectivity index (χ3v) is 3.51. The van der Waals surface area contributed by atoms with Gasteiger partial charge in [-0.15, -0.1) is 6.58 Å². The first-order chi connectivity index (χ1) is 8.74. The Bertz CT molecular complexity index is 481. The van der Waals surface area contributed by atoms with E-state index in [0.29, 0.717) is 12.2 Å². The molecule has 0 radical (unpaired) electrons. The van der Waals surface area contributed by atoms with Crippen LogP contribution in [0.2, 0.25) is 0 Å². The molecule has 94 valence electrons. The van der Waals surface area contributed by atoms with Crippen molar-refractivity contribution in [2.45, 2.75) is 12.5 Å². The smallest absolute Gasteiger partial charge is 0.101 e. The predicted octanol–water partition coefficient (Wildman–Crippen LogP) is 3.10. The van der Waals surface area contributed by atoms with Crippen molar-refractivity contribution in [2.75, 3.05) is 24.6 Å². The highest BCUT2D eigenvalue weighted by Gasteiger charge is 2.24. The summed E-state index contributed by atoms with van der Waals surface area (Å²) in [5.74, 6) is 0. The molecule has 0 aromatic heterocycles. The second kappa shape index (κ2) is 6.03. The Morgan fingerprint density at radius 2 is 2.44 bits per heavy atom. The van der Waals surface area contributed by atoms with Crippen LogP contribution >= 0.6 is 15.9 Å². The molecule has 1 aliphatic rings. The van der Waals surface area contributed by atoms with E-state index in [1.54, 1.807) is 6.08 Å². The number of rotatable bonds is 4. The van der Waals surface area contributed by atoms with Crippen LogP contribution in [0.25, 0.3) is 0 Å². The van der Waals surface area contributed by atoms with Gasteiger partial charge in [0.2, 0.25) is 0 Å². The third kappa shape index (κ3) is 2.92. The van der Waals surface area contributed by atoms with Gasteiger partial charge in [-0.25, -0.2) is 0 Å². The predicted molar refractivity (Wildman–Crippen MR) is 75.6 cm³/mol. The lowest BCUT2D eigenvalue weighted by Crippen LogP contribution is -2.23. The molecule has 0 saturated carbocycles. The first-order valence-corrected chi connectivity index (χ1v) is 6.71. The Balaban J connectivity index is 2.09. The van der Waals surface area contributed by atoms with Gasteiger partial charge in [-0.05, 0) is 24.6 Å². The van der Waals surface area contributed by atoms with E-state index in [-0.39, 0.29) is 6.10 Å². The molecule has 3 nitrogen and oxygen atoms in total. The van der Waals surface area contributed by atoms with Crippen LogP contribution in [0.15, 0.2) is 35.3 Å². The van der Waals surface area contributed by atoms with Crippen molar-refractivity contribution in [3.63, 3.8) is 0 Å². The van der Waals surface area contributed by atoms with E-state index in [1.165, 1.54) is 0 Å². The van der Waals surface area contributed by atoms with Crippen molar-refractivity contribution in [3.05, 3.63) is 40.9 Å². The number of ether oxygens (including phenoxy) is 1. The lowest BCUT2D eigenvalue weighted by molar-refractivity contribution is 0.0909. The molecular weight excluding hydrogens is 292 g/mol. The normalized spacial score (nSPS) is 18.7. The molecule has 0 amide bonds. The van der Waals surface area contributed by atoms with Crippen molar-refractivity contribution in [1.82, 2.24) is 0 Å². The van der Waals surface area contributed by atoms with Crippen LogP contribution in [-0.4, -0.2) is 25.8 Å². The SMILES string of the molecule is C=CCOC1CCN(c2ccc(Br)cc2C#N)C1. The fraction of sp³-hybridized carbons (Fsp3) is 0.357. The largest absolute Gasteiger partial charge is 0.372 e. The number of benzene rings is 1. The van der Waals surface area contributed by atoms with E-state index >= 15 is 0 Å². The highest BCUT2D eigenvalue weighted by molar-refractivity contribution is 9.10. The molecule has 2 rings (SSSR count). The molecule has 1 unspecified atom stereocenters. The highest BCUT2D eigenvalue weighted by Crippen LogP contribution is 2.27. The van der Waals surface area contributed by atoms with E-state index in [4.69, 9.17) is 10.00 Å². The summed E-state index contributed by atoms with van der Waals surface area (Å²) in [4.78, 5) is 2.21. The first kappa shape index (κ1) is 13.1. The summed E-state index contributed by atoms with van der Waals surface area (Å²) in [5, 5.41) is 9.17. The lowest BCUT2D eigenvalue weighted by Gasteiger charge is -2.20. The van der Waals surface area contributed by atoms with E-state index in [0.717, 1.165) is 29.7 Å². The number of anilines is 1. The summed E-state index contributed by atoms with van der Waals surface area (Å²) >= 11 is 3.39. The maximum atomic E-state index is 9.17. The van der Waals surface area contributed by atoms with Crippen LogP contribution in [0, 0.1) is 11.3 Å². The summed E-state index contributed by atoms with van der Waals surface area (Å²) in [7, 11) is 0. The number of nitriles is 1. The van der Waals surface area contributed by atoms with Gasteiger partial charge < -0.3 is 9.64 Å². The molecular formula is C14H15BrN2O. The molecule has 0 spiro atoms. The van der Waals surface area contributed by atoms with Gasteiger partial charge in [-0.2, -0.15) is 5.26 Å². The Morgan fingerprint density at radius 3 is 3.17 bits per heavy atom. The molecule has 1 fully saturated rings. The number of hydrogen-bond donors (Lipinski definition) is 0. The second-order valence-electron chi connectivity index (χ2n) is 4.25. The highest BCUT2D eigenvalue weighted by atomic mass is 79.9. The average Bonchev–Trinajstić information content (AvgIpc) is 2.84. The van der Waals surface area contributed by atoms with Crippen molar-refractivity contribution >= 4 is 21.6 Å². The van der Waals surface area contributed by atoms with E-state index < -0.39 is 0 Å². The molecule has 0 aliphatic carbocycles. The zero-order valence-corrected chi connectivity index (χ0v) is 11.7. The summed E-state index contributed by atoms with van der Waals surface area (Å²) in [6, 6.07) is 8.05. The van der Waals surface area contributed by atoms with Gasteiger partial charge in [0.1, 0.15) is 6.07 Å². The van der Waals surface area contributed by atoms with Crippen LogP contribution in [0.4, 0.5) is 5.69 Å². The van der Waals surface area contributed by atoms with Crippen LogP contribution < -0.4 is 4.90 Å². The molecule has 1 heterocycles. The zero-order valence-electron chi connectivity index (χ0n) is 10.1. The number of halogens is 1. The number of hydrogen-bond acceptors (Lipinski definition) is 3. The van der Waals surface area contributed by atoms with E-state index in [2.05, 4.69) is 33.5 Å². The Labute approximate surface area is 116 Å². The fourth-order valence-corrected chi connectivity index (χ4v) is 2.52. The Morgan fingerprint density at radius 1 is 1.61 bits per heavy atom. The van der Waals surface area contributed by atoms with E-state index in [1.807, 2.05) is 18.2 Å². The van der Waals surface area contributed by atoms with Crippen LogP contribution in [-0.2, 0) is 4.74 Å². The maximum absolute atomic E-state index is 9.17. The molecule has 1 saturated heterocycles. The molecule has 0 bridgehead atoms. The summed E-state index contributed by atoms with van der Waals surface area (Å²) < 4.78 is 6.58. The average molecular weight is 307 g/mol. The van der Waals surface area contributed by atoms with Gasteiger partial charge >= 0.3 is 0 Å². The topological polar surface area (TPSA) is 36.3 Å². The minimum Gasteiger partial charge on any atom is -0.372 e. The summed E-state index contributed by atoms with van der Waals surface area (Å²) in [5.41, 5.74) is 1.69. The Hall–Kier alpha value is -1.31. The maximum Gasteiger partial charge on any atom is 0.101 e. The van der Waals surface area contributed by atoms with Crippen molar-refractivity contribution in [3.8, 4) is 6.07 Å². The lowest BCUT2D eigenvalue weighted by atomic mass is 10.2. The van der Waals surface area contributed by atoms with Gasteiger partial charge in [-0.3, -0.25) is 0 Å². The van der Waals surface area contributed by atoms with Crippen LogP contribution in [0.5, 0.6) is 0 Å². The second-order valence-corrected chi connectivity index (χ2v) is 5.17.